The van der Waals surface area contributed by atoms with Crippen LogP contribution < -0.4 is 9.47 Å². The van der Waals surface area contributed by atoms with Crippen LogP contribution in [0.25, 0.3) is 10.9 Å². The van der Waals surface area contributed by atoms with Crippen molar-refractivity contribution in [1.82, 2.24) is 9.88 Å². The molecule has 1 fully saturated rings. The molecule has 0 N–H and O–H groups in total. The molecule has 0 saturated carbocycles. The number of halogens is 2. The zero-order valence-corrected chi connectivity index (χ0v) is 16.8. The number of pyridine rings is 1. The molecule has 2 heterocycles. The summed E-state index contributed by atoms with van der Waals surface area (Å²) in [5.41, 5.74) is 2.00. The number of hydrogen-bond donors (Lipinski definition) is 0. The first kappa shape index (κ1) is 20.1. The van der Waals surface area contributed by atoms with E-state index in [4.69, 9.17) is 9.47 Å². The Morgan fingerprint density at radius 1 is 1.10 bits per heavy atom. The van der Waals surface area contributed by atoms with Crippen molar-refractivity contribution >= 4 is 16.8 Å². The third-order valence-electron chi connectivity index (χ3n) is 5.36. The number of methoxy groups -OCH3 is 1. The molecule has 0 aliphatic carbocycles. The minimum Gasteiger partial charge on any atom is -0.497 e. The Hall–Kier alpha value is -3.22. The summed E-state index contributed by atoms with van der Waals surface area (Å²) in [6.07, 6.45) is 0.914. The molecule has 2 aromatic carbocycles. The number of carbonyl (C=O) groups is 1. The molecule has 0 atom stereocenters. The van der Waals surface area contributed by atoms with Gasteiger partial charge in [-0.1, -0.05) is 0 Å². The van der Waals surface area contributed by atoms with Gasteiger partial charge in [-0.05, 0) is 37.3 Å². The molecular formula is C23H22F2N2O3. The molecule has 3 aromatic rings. The van der Waals surface area contributed by atoms with Crippen LogP contribution in [0, 0.1) is 18.6 Å². The largest absolute Gasteiger partial charge is 0.497 e. The highest BCUT2D eigenvalue weighted by atomic mass is 19.1. The Morgan fingerprint density at radius 3 is 2.57 bits per heavy atom. The lowest BCUT2D eigenvalue weighted by Crippen LogP contribution is -2.42. The van der Waals surface area contributed by atoms with Crippen LogP contribution in [-0.2, 0) is 0 Å². The van der Waals surface area contributed by atoms with E-state index in [1.807, 2.05) is 31.2 Å². The van der Waals surface area contributed by atoms with Crippen LogP contribution in [-0.4, -0.2) is 42.1 Å². The van der Waals surface area contributed by atoms with E-state index in [9.17, 15) is 13.6 Å². The summed E-state index contributed by atoms with van der Waals surface area (Å²) in [6.45, 7) is 2.80. The molecule has 30 heavy (non-hydrogen) atoms. The van der Waals surface area contributed by atoms with E-state index in [2.05, 4.69) is 4.98 Å². The van der Waals surface area contributed by atoms with Crippen molar-refractivity contribution < 1.29 is 23.0 Å². The molecule has 1 aliphatic rings. The van der Waals surface area contributed by atoms with Crippen LogP contribution >= 0.6 is 0 Å². The second-order valence-electron chi connectivity index (χ2n) is 7.36. The Labute approximate surface area is 173 Å². The van der Waals surface area contributed by atoms with Gasteiger partial charge in [-0.15, -0.1) is 0 Å². The van der Waals surface area contributed by atoms with Gasteiger partial charge in [-0.2, -0.15) is 0 Å². The summed E-state index contributed by atoms with van der Waals surface area (Å²) in [7, 11) is 1.60. The summed E-state index contributed by atoms with van der Waals surface area (Å²) in [5.74, 6) is -0.690. The normalized spacial score (nSPS) is 14.7. The van der Waals surface area contributed by atoms with E-state index < -0.39 is 11.6 Å². The molecule has 1 aliphatic heterocycles. The standard InChI is InChI=1S/C23H22F2N2O3/c1-14-19(11-15-3-5-18(29-2)13-21(15)26-14)23(28)27-9-7-17(8-10-27)30-22-6-4-16(24)12-20(22)25/h3-6,11-13,17H,7-10H2,1-2H3. The number of carbonyl (C=O) groups excluding carboxylic acids is 1. The third-order valence-corrected chi connectivity index (χ3v) is 5.36. The van der Waals surface area contributed by atoms with E-state index in [0.717, 1.165) is 17.0 Å². The van der Waals surface area contributed by atoms with E-state index in [0.29, 0.717) is 42.9 Å². The number of aryl methyl sites for hydroxylation is 1. The van der Waals surface area contributed by atoms with E-state index >= 15 is 0 Å². The van der Waals surface area contributed by atoms with Crippen LogP contribution in [0.1, 0.15) is 28.9 Å². The van der Waals surface area contributed by atoms with Gasteiger partial charge in [-0.3, -0.25) is 9.78 Å². The van der Waals surface area contributed by atoms with Crippen molar-refractivity contribution in [3.05, 3.63) is 65.4 Å². The van der Waals surface area contributed by atoms with Gasteiger partial charge in [0.15, 0.2) is 11.6 Å². The highest BCUT2D eigenvalue weighted by Crippen LogP contribution is 2.26. The van der Waals surface area contributed by atoms with Gasteiger partial charge in [-0.25, -0.2) is 8.78 Å². The lowest BCUT2D eigenvalue weighted by molar-refractivity contribution is 0.0587. The third kappa shape index (κ3) is 4.06. The van der Waals surface area contributed by atoms with Crippen LogP contribution in [0.2, 0.25) is 0 Å². The van der Waals surface area contributed by atoms with Crippen LogP contribution in [0.5, 0.6) is 11.5 Å². The topological polar surface area (TPSA) is 51.7 Å². The molecule has 1 amide bonds. The molecule has 0 bridgehead atoms. The Morgan fingerprint density at radius 2 is 1.87 bits per heavy atom. The Bertz CT molecular complexity index is 1100. The fraction of sp³-hybridized carbons (Fsp3) is 0.304. The molecule has 5 nitrogen and oxygen atoms in total. The number of amides is 1. The number of nitrogens with zero attached hydrogens (tertiary/aromatic N) is 2. The number of rotatable bonds is 4. The zero-order chi connectivity index (χ0) is 21.3. The molecular weight excluding hydrogens is 390 g/mol. The number of hydrogen-bond acceptors (Lipinski definition) is 4. The molecule has 0 spiro atoms. The maximum absolute atomic E-state index is 13.8. The monoisotopic (exact) mass is 412 g/mol. The minimum absolute atomic E-state index is 0.0335. The van der Waals surface area contributed by atoms with Gasteiger partial charge in [0.1, 0.15) is 17.7 Å². The van der Waals surface area contributed by atoms with Gasteiger partial charge >= 0.3 is 0 Å². The second kappa shape index (κ2) is 8.26. The fourth-order valence-electron chi connectivity index (χ4n) is 3.68. The molecule has 0 radical (unpaired) electrons. The first-order valence-corrected chi connectivity index (χ1v) is 9.81. The van der Waals surface area contributed by atoms with Crippen LogP contribution in [0.3, 0.4) is 0 Å². The van der Waals surface area contributed by atoms with E-state index in [-0.39, 0.29) is 17.8 Å². The number of piperidine rings is 1. The van der Waals surface area contributed by atoms with Crippen molar-refractivity contribution in [2.45, 2.75) is 25.9 Å². The highest BCUT2D eigenvalue weighted by Gasteiger charge is 2.26. The smallest absolute Gasteiger partial charge is 0.255 e. The van der Waals surface area contributed by atoms with Gasteiger partial charge in [0.2, 0.25) is 0 Å². The molecule has 0 unspecified atom stereocenters. The van der Waals surface area contributed by atoms with Gasteiger partial charge < -0.3 is 14.4 Å². The lowest BCUT2D eigenvalue weighted by Gasteiger charge is -2.32. The summed E-state index contributed by atoms with van der Waals surface area (Å²) >= 11 is 0. The molecule has 1 aromatic heterocycles. The van der Waals surface area contributed by atoms with Crippen LogP contribution in [0.15, 0.2) is 42.5 Å². The number of aromatic nitrogens is 1. The van der Waals surface area contributed by atoms with Crippen LogP contribution in [0.4, 0.5) is 8.78 Å². The van der Waals surface area contributed by atoms with Crippen molar-refractivity contribution in [3.63, 3.8) is 0 Å². The predicted octanol–water partition coefficient (Wildman–Crippen LogP) is 4.51. The summed E-state index contributed by atoms with van der Waals surface area (Å²) in [5, 5.41) is 0.870. The van der Waals surface area contributed by atoms with Crippen molar-refractivity contribution in [2.75, 3.05) is 20.2 Å². The van der Waals surface area contributed by atoms with Gasteiger partial charge in [0.25, 0.3) is 5.91 Å². The Balaban J connectivity index is 1.44. The minimum atomic E-state index is -0.719. The fourth-order valence-corrected chi connectivity index (χ4v) is 3.68. The predicted molar refractivity (Wildman–Crippen MR) is 109 cm³/mol. The average molecular weight is 412 g/mol. The van der Waals surface area contributed by atoms with Gasteiger partial charge in [0.05, 0.1) is 23.9 Å². The summed E-state index contributed by atoms with van der Waals surface area (Å²) < 4.78 is 37.8. The molecule has 4 rings (SSSR count). The SMILES string of the molecule is COc1ccc2cc(C(=O)N3CCC(Oc4ccc(F)cc4F)CC3)c(C)nc2c1. The number of fused-ring (bicyclic) bond motifs is 1. The number of likely N-dealkylation sites (tertiary alicyclic amines) is 1. The highest BCUT2D eigenvalue weighted by molar-refractivity contribution is 5.98. The van der Waals surface area contributed by atoms with Crippen molar-refractivity contribution in [2.24, 2.45) is 0 Å². The van der Waals surface area contributed by atoms with E-state index in [1.54, 1.807) is 12.0 Å². The number of ether oxygens (including phenoxy) is 2. The average Bonchev–Trinajstić information content (AvgIpc) is 2.75. The molecule has 156 valence electrons. The molecule has 7 heteroatoms. The van der Waals surface area contributed by atoms with Gasteiger partial charge in [0, 0.05) is 43.5 Å². The second-order valence-corrected chi connectivity index (χ2v) is 7.36. The van der Waals surface area contributed by atoms with E-state index in [1.165, 1.54) is 12.1 Å². The van der Waals surface area contributed by atoms with Crippen molar-refractivity contribution in [1.29, 1.82) is 0 Å². The zero-order valence-electron chi connectivity index (χ0n) is 16.8. The maximum atomic E-state index is 13.8. The lowest BCUT2D eigenvalue weighted by atomic mass is 10.0. The quantitative estimate of drug-likeness (QED) is 0.633. The summed E-state index contributed by atoms with van der Waals surface area (Å²) in [4.78, 5) is 19.4. The maximum Gasteiger partial charge on any atom is 0.255 e. The number of benzene rings is 2. The van der Waals surface area contributed by atoms with Crippen molar-refractivity contribution in [3.8, 4) is 11.5 Å². The first-order chi connectivity index (χ1) is 14.4. The summed E-state index contributed by atoms with van der Waals surface area (Å²) in [6, 6.07) is 10.7. The first-order valence-electron chi connectivity index (χ1n) is 9.81. The Kier molecular flexibility index (Phi) is 5.53. The molecule has 1 saturated heterocycles.